The molecule has 2 saturated heterocycles. The number of carbonyl (C=O) groups excluding carboxylic acids is 1. The van der Waals surface area contributed by atoms with Gasteiger partial charge in [-0.05, 0) is 25.0 Å². The predicted octanol–water partition coefficient (Wildman–Crippen LogP) is 4.43. The molecule has 2 bridgehead atoms. The van der Waals surface area contributed by atoms with Gasteiger partial charge >= 0.3 is 0 Å². The van der Waals surface area contributed by atoms with E-state index < -0.39 is 11.2 Å². The van der Waals surface area contributed by atoms with Crippen LogP contribution >= 0.6 is 23.2 Å². The Balaban J connectivity index is 1.77. The van der Waals surface area contributed by atoms with Crippen LogP contribution in [0.25, 0.3) is 0 Å². The number of rotatable bonds is 4. The molecule has 0 amide bonds. The molecule has 1 aromatic rings. The summed E-state index contributed by atoms with van der Waals surface area (Å²) in [6.07, 6.45) is 0.883. The number of carbonyl (C=O) groups is 1. The van der Waals surface area contributed by atoms with Crippen molar-refractivity contribution in [1.82, 2.24) is 0 Å². The summed E-state index contributed by atoms with van der Waals surface area (Å²) in [6, 6.07) is 5.40. The van der Waals surface area contributed by atoms with Gasteiger partial charge in [0.2, 0.25) is 0 Å². The Hall–Kier alpha value is -0.610. The Morgan fingerprint density at radius 3 is 2.55 bits per heavy atom. The number of Topliss-reactive ketones (excluding diaryl/α,β-unsaturated/α-hetero) is 1. The Morgan fingerprint density at radius 2 is 2.00 bits per heavy atom. The van der Waals surface area contributed by atoms with Crippen LogP contribution in [-0.4, -0.2) is 23.1 Å². The van der Waals surface area contributed by atoms with E-state index in [1.165, 1.54) is 0 Å². The third-order valence-electron chi connectivity index (χ3n) is 4.99. The van der Waals surface area contributed by atoms with Gasteiger partial charge in [-0.25, -0.2) is 0 Å². The maximum Gasteiger partial charge on any atom is 0.167 e. The van der Waals surface area contributed by atoms with Gasteiger partial charge in [-0.1, -0.05) is 43.1 Å². The maximum atomic E-state index is 12.3. The van der Waals surface area contributed by atoms with Gasteiger partial charge in [-0.2, -0.15) is 0 Å². The molecule has 3 nitrogen and oxygen atoms in total. The molecule has 0 radical (unpaired) electrons. The second kappa shape index (κ2) is 5.48. The molecule has 2 fully saturated rings. The molecular formula is C17H20Cl2O3. The van der Waals surface area contributed by atoms with Crippen LogP contribution in [0.15, 0.2) is 18.2 Å². The van der Waals surface area contributed by atoms with Crippen LogP contribution in [0.3, 0.4) is 0 Å². The van der Waals surface area contributed by atoms with E-state index in [1.54, 1.807) is 12.1 Å². The van der Waals surface area contributed by atoms with Crippen molar-refractivity contribution >= 4 is 29.0 Å². The summed E-state index contributed by atoms with van der Waals surface area (Å²) in [5, 5.41) is 1.19. The Bertz CT molecular complexity index is 596. The van der Waals surface area contributed by atoms with Crippen LogP contribution in [0, 0.1) is 5.92 Å². The first-order valence-electron chi connectivity index (χ1n) is 7.56. The average molecular weight is 343 g/mol. The van der Waals surface area contributed by atoms with Crippen molar-refractivity contribution in [3.05, 3.63) is 33.8 Å². The molecule has 0 spiro atoms. The number of ketones is 1. The largest absolute Gasteiger partial charge is 0.370 e. The minimum atomic E-state index is -0.691. The highest BCUT2D eigenvalue weighted by Crippen LogP contribution is 2.53. The van der Waals surface area contributed by atoms with Crippen molar-refractivity contribution in [3.63, 3.8) is 0 Å². The number of benzene rings is 1. The molecule has 0 N–H and O–H groups in total. The van der Waals surface area contributed by atoms with E-state index in [0.29, 0.717) is 29.5 Å². The lowest BCUT2D eigenvalue weighted by molar-refractivity contribution is -0.136. The zero-order valence-electron chi connectivity index (χ0n) is 13.0. The molecule has 0 aromatic heterocycles. The summed E-state index contributed by atoms with van der Waals surface area (Å²) in [6.45, 7) is 6.33. The third kappa shape index (κ3) is 2.39. The molecule has 2 aliphatic heterocycles. The van der Waals surface area contributed by atoms with Gasteiger partial charge in [0.1, 0.15) is 5.60 Å². The molecule has 120 valence electrons. The lowest BCUT2D eigenvalue weighted by atomic mass is 9.74. The van der Waals surface area contributed by atoms with Crippen LogP contribution in [0.4, 0.5) is 0 Å². The summed E-state index contributed by atoms with van der Waals surface area (Å²) >= 11 is 12.4. The Morgan fingerprint density at radius 1 is 1.36 bits per heavy atom. The van der Waals surface area contributed by atoms with Crippen molar-refractivity contribution in [2.45, 2.75) is 57.5 Å². The highest BCUT2D eigenvalue weighted by molar-refractivity contribution is 6.35. The highest BCUT2D eigenvalue weighted by Gasteiger charge is 2.65. The topological polar surface area (TPSA) is 35.5 Å². The average Bonchev–Trinajstić information content (AvgIpc) is 2.86. The maximum absolute atomic E-state index is 12.3. The molecule has 0 aliphatic carbocycles. The lowest BCUT2D eigenvalue weighted by Crippen LogP contribution is -2.44. The zero-order valence-corrected chi connectivity index (χ0v) is 14.5. The molecule has 0 saturated carbocycles. The first kappa shape index (κ1) is 16.3. The van der Waals surface area contributed by atoms with Crippen molar-refractivity contribution in [2.75, 3.05) is 0 Å². The molecule has 1 aromatic carbocycles. The summed E-state index contributed by atoms with van der Waals surface area (Å²) < 4.78 is 12.2. The van der Waals surface area contributed by atoms with E-state index in [-0.39, 0.29) is 17.8 Å². The van der Waals surface area contributed by atoms with E-state index >= 15 is 0 Å². The highest BCUT2D eigenvalue weighted by atomic mass is 35.5. The van der Waals surface area contributed by atoms with E-state index in [4.69, 9.17) is 32.7 Å². The fourth-order valence-corrected chi connectivity index (χ4v) is 4.08. The van der Waals surface area contributed by atoms with Gasteiger partial charge in [0.05, 0.1) is 18.3 Å². The Kier molecular flexibility index (Phi) is 4.05. The lowest BCUT2D eigenvalue weighted by Gasteiger charge is -2.30. The van der Waals surface area contributed by atoms with Crippen molar-refractivity contribution < 1.29 is 14.3 Å². The SMILES string of the molecule is CC(C)[C@]12C[C@@H](OCc3c(Cl)cccc3Cl)[C@](C)(CC1=O)O2. The second-order valence-corrected chi connectivity index (χ2v) is 7.58. The summed E-state index contributed by atoms with van der Waals surface area (Å²) in [7, 11) is 0. The monoisotopic (exact) mass is 342 g/mol. The van der Waals surface area contributed by atoms with Gasteiger partial charge in [-0.15, -0.1) is 0 Å². The number of ether oxygens (including phenoxy) is 2. The van der Waals surface area contributed by atoms with E-state index in [2.05, 4.69) is 0 Å². The standard InChI is InChI=1S/C17H20Cl2O3/c1-10(2)17-8-15(16(3,22-17)7-14(17)20)21-9-11-12(18)5-4-6-13(11)19/h4-6,10,15H,7-9H2,1-3H3/t15-,16+,17-/m1/s1. The second-order valence-electron chi connectivity index (χ2n) is 6.76. The number of hydrogen-bond donors (Lipinski definition) is 0. The third-order valence-corrected chi connectivity index (χ3v) is 5.70. The summed E-state index contributed by atoms with van der Waals surface area (Å²) in [5.41, 5.74) is -0.458. The van der Waals surface area contributed by atoms with Gasteiger partial charge in [-0.3, -0.25) is 4.79 Å². The summed E-state index contributed by atoms with van der Waals surface area (Å²) in [4.78, 5) is 12.3. The number of halogens is 2. The molecule has 3 rings (SSSR count). The fourth-order valence-electron chi connectivity index (χ4n) is 3.57. The van der Waals surface area contributed by atoms with Crippen LogP contribution in [0.5, 0.6) is 0 Å². The molecule has 2 aliphatic rings. The van der Waals surface area contributed by atoms with Crippen molar-refractivity contribution in [1.29, 1.82) is 0 Å². The number of hydrogen-bond acceptors (Lipinski definition) is 3. The summed E-state index contributed by atoms with van der Waals surface area (Å²) in [5.74, 6) is 0.333. The van der Waals surface area contributed by atoms with E-state index in [0.717, 1.165) is 5.56 Å². The van der Waals surface area contributed by atoms with Crippen LogP contribution in [-0.2, 0) is 20.9 Å². The van der Waals surface area contributed by atoms with Crippen LogP contribution < -0.4 is 0 Å². The molecule has 0 unspecified atom stereocenters. The normalized spacial score (nSPS) is 33.9. The number of fused-ring (bicyclic) bond motifs is 2. The minimum absolute atomic E-state index is 0.125. The van der Waals surface area contributed by atoms with Gasteiger partial charge < -0.3 is 9.47 Å². The van der Waals surface area contributed by atoms with E-state index in [1.807, 2.05) is 26.8 Å². The van der Waals surface area contributed by atoms with Crippen molar-refractivity contribution in [2.24, 2.45) is 5.92 Å². The molecule has 3 atom stereocenters. The van der Waals surface area contributed by atoms with E-state index in [9.17, 15) is 4.79 Å². The predicted molar refractivity (Wildman–Crippen MR) is 86.3 cm³/mol. The quantitative estimate of drug-likeness (QED) is 0.812. The molecule has 22 heavy (non-hydrogen) atoms. The van der Waals surface area contributed by atoms with Crippen LogP contribution in [0.2, 0.25) is 10.0 Å². The Labute approximate surface area is 140 Å². The fraction of sp³-hybridized carbons (Fsp3) is 0.588. The van der Waals surface area contributed by atoms with Crippen molar-refractivity contribution in [3.8, 4) is 0 Å². The molecule has 5 heteroatoms. The van der Waals surface area contributed by atoms with Gasteiger partial charge in [0, 0.05) is 28.5 Å². The van der Waals surface area contributed by atoms with Gasteiger partial charge in [0.15, 0.2) is 5.78 Å². The molecular weight excluding hydrogens is 323 g/mol. The zero-order chi connectivity index (χ0) is 16.1. The minimum Gasteiger partial charge on any atom is -0.370 e. The van der Waals surface area contributed by atoms with Crippen LogP contribution in [0.1, 0.15) is 39.2 Å². The first-order valence-corrected chi connectivity index (χ1v) is 8.32. The molecule has 2 heterocycles. The smallest absolute Gasteiger partial charge is 0.167 e. The first-order chi connectivity index (χ1) is 10.3. The van der Waals surface area contributed by atoms with Gasteiger partial charge in [0.25, 0.3) is 0 Å².